The number of ether oxygens (including phenoxy) is 3. The first-order valence-electron chi connectivity index (χ1n) is 10.1. The van der Waals surface area contributed by atoms with Gasteiger partial charge >= 0.3 is 0 Å². The molecule has 1 unspecified atom stereocenters. The Morgan fingerprint density at radius 2 is 1.71 bits per heavy atom. The quantitative estimate of drug-likeness (QED) is 0.405. The summed E-state index contributed by atoms with van der Waals surface area (Å²) in [6, 6.07) is 23.1. The van der Waals surface area contributed by atoms with Crippen molar-refractivity contribution >= 4 is 12.1 Å². The Kier molecular flexibility index (Phi) is 7.65. The molecule has 0 heterocycles. The highest BCUT2D eigenvalue weighted by molar-refractivity contribution is 5.87. The van der Waals surface area contributed by atoms with Crippen molar-refractivity contribution in [1.29, 1.82) is 0 Å². The molecule has 1 amide bonds. The molecule has 3 rings (SSSR count). The van der Waals surface area contributed by atoms with Crippen LogP contribution in [0.15, 0.2) is 77.9 Å². The predicted octanol–water partition coefficient (Wildman–Crippen LogP) is 4.68. The highest BCUT2D eigenvalue weighted by atomic mass is 16.5. The lowest BCUT2D eigenvalue weighted by molar-refractivity contribution is -0.127. The molecule has 0 spiro atoms. The number of carbonyl (C=O) groups is 1. The number of nitrogens with zero attached hydrogens (tertiary/aromatic N) is 1. The molecule has 3 aromatic rings. The minimum absolute atomic E-state index is 0.357. The van der Waals surface area contributed by atoms with Crippen molar-refractivity contribution < 1.29 is 19.0 Å². The number of amides is 1. The second-order valence-corrected chi connectivity index (χ2v) is 6.70. The number of carbonyl (C=O) groups excluding carboxylic acids is 1. The number of rotatable bonds is 9. The minimum atomic E-state index is -0.712. The molecule has 6 heteroatoms. The minimum Gasteiger partial charge on any atom is -0.493 e. The summed E-state index contributed by atoms with van der Waals surface area (Å²) >= 11 is 0. The Morgan fingerprint density at radius 1 is 1.00 bits per heavy atom. The molecule has 1 N–H and O–H groups in total. The van der Waals surface area contributed by atoms with Crippen molar-refractivity contribution in [1.82, 2.24) is 5.43 Å². The molecule has 0 radical (unpaired) electrons. The van der Waals surface area contributed by atoms with E-state index in [4.69, 9.17) is 14.2 Å². The molecular formula is C25H26N2O4. The van der Waals surface area contributed by atoms with Crippen LogP contribution in [0.25, 0.3) is 11.1 Å². The maximum atomic E-state index is 12.4. The lowest BCUT2D eigenvalue weighted by atomic mass is 10.1. The molecule has 6 nitrogen and oxygen atoms in total. The molecule has 0 bridgehead atoms. The number of hydrazone groups is 1. The molecule has 0 saturated heterocycles. The van der Waals surface area contributed by atoms with E-state index in [2.05, 4.69) is 10.5 Å². The number of nitrogens with one attached hydrogen (secondary N) is 1. The summed E-state index contributed by atoms with van der Waals surface area (Å²) in [5.74, 6) is 1.43. The first-order chi connectivity index (χ1) is 15.1. The molecule has 0 aliphatic rings. The third-order valence-corrected chi connectivity index (χ3v) is 4.54. The van der Waals surface area contributed by atoms with Gasteiger partial charge in [0.05, 0.1) is 19.9 Å². The van der Waals surface area contributed by atoms with Crippen LogP contribution in [0.3, 0.4) is 0 Å². The van der Waals surface area contributed by atoms with Crippen molar-refractivity contribution in [2.24, 2.45) is 5.10 Å². The van der Waals surface area contributed by atoms with E-state index in [1.165, 1.54) is 6.21 Å². The molecule has 0 aliphatic heterocycles. The topological polar surface area (TPSA) is 69.2 Å². The van der Waals surface area contributed by atoms with E-state index in [1.54, 1.807) is 20.1 Å². The van der Waals surface area contributed by atoms with Gasteiger partial charge in [-0.15, -0.1) is 0 Å². The smallest absolute Gasteiger partial charge is 0.280 e. The van der Waals surface area contributed by atoms with E-state index in [0.717, 1.165) is 11.1 Å². The number of para-hydroxylation sites is 1. The Bertz CT molecular complexity index is 1020. The third-order valence-electron chi connectivity index (χ3n) is 4.54. The summed E-state index contributed by atoms with van der Waals surface area (Å²) in [7, 11) is 1.58. The Morgan fingerprint density at radius 3 is 2.39 bits per heavy atom. The van der Waals surface area contributed by atoms with Gasteiger partial charge in [0.2, 0.25) is 0 Å². The van der Waals surface area contributed by atoms with E-state index in [1.807, 2.05) is 73.7 Å². The molecule has 160 valence electrons. The highest BCUT2D eigenvalue weighted by Gasteiger charge is 2.14. The average Bonchev–Trinajstić information content (AvgIpc) is 2.81. The van der Waals surface area contributed by atoms with Crippen molar-refractivity contribution in [3.05, 3.63) is 78.4 Å². The van der Waals surface area contributed by atoms with Gasteiger partial charge in [-0.3, -0.25) is 4.79 Å². The van der Waals surface area contributed by atoms with Crippen molar-refractivity contribution in [3.8, 4) is 28.4 Å². The van der Waals surface area contributed by atoms with E-state index in [9.17, 15) is 4.79 Å². The van der Waals surface area contributed by atoms with Gasteiger partial charge < -0.3 is 14.2 Å². The summed E-state index contributed by atoms with van der Waals surface area (Å²) in [5, 5.41) is 4.04. The zero-order chi connectivity index (χ0) is 22.1. The van der Waals surface area contributed by atoms with E-state index >= 15 is 0 Å². The zero-order valence-corrected chi connectivity index (χ0v) is 17.9. The summed E-state index contributed by atoms with van der Waals surface area (Å²) < 4.78 is 16.7. The third kappa shape index (κ3) is 5.85. The predicted molar refractivity (Wildman–Crippen MR) is 122 cm³/mol. The van der Waals surface area contributed by atoms with Crippen molar-refractivity contribution in [3.63, 3.8) is 0 Å². The molecule has 31 heavy (non-hydrogen) atoms. The summed E-state index contributed by atoms with van der Waals surface area (Å²) in [5.41, 5.74) is 5.41. The molecule has 0 aromatic heterocycles. The molecule has 3 aromatic carbocycles. The van der Waals surface area contributed by atoms with Gasteiger partial charge in [0.1, 0.15) is 5.75 Å². The maximum absolute atomic E-state index is 12.4. The SMILES string of the molecule is CCOc1c(/C=N/NC(=O)C(C)Oc2ccc(-c3ccccc3)cc2)cccc1OC. The van der Waals surface area contributed by atoms with Crippen LogP contribution in [0, 0.1) is 0 Å². The highest BCUT2D eigenvalue weighted by Crippen LogP contribution is 2.30. The van der Waals surface area contributed by atoms with Crippen molar-refractivity contribution in [2.45, 2.75) is 20.0 Å². The molecule has 1 atom stereocenters. The second kappa shape index (κ2) is 10.8. The molecular weight excluding hydrogens is 392 g/mol. The first kappa shape index (κ1) is 21.9. The Hall–Kier alpha value is -3.80. The number of hydrogen-bond donors (Lipinski definition) is 1. The Balaban J connectivity index is 1.59. The number of hydrogen-bond acceptors (Lipinski definition) is 5. The molecule has 0 saturated carbocycles. The van der Waals surface area contributed by atoms with Gasteiger partial charge in [-0.05, 0) is 49.2 Å². The van der Waals surface area contributed by atoms with E-state index in [0.29, 0.717) is 29.4 Å². The van der Waals surface area contributed by atoms with Crippen molar-refractivity contribution in [2.75, 3.05) is 13.7 Å². The second-order valence-electron chi connectivity index (χ2n) is 6.70. The largest absolute Gasteiger partial charge is 0.493 e. The van der Waals surface area contributed by atoms with Crippen LogP contribution in [0.4, 0.5) is 0 Å². The van der Waals surface area contributed by atoms with Gasteiger partial charge in [0.25, 0.3) is 5.91 Å². The lowest BCUT2D eigenvalue weighted by Gasteiger charge is -2.14. The average molecular weight is 418 g/mol. The zero-order valence-electron chi connectivity index (χ0n) is 17.9. The number of benzene rings is 3. The summed E-state index contributed by atoms with van der Waals surface area (Å²) in [6.45, 7) is 4.05. The van der Waals surface area contributed by atoms with E-state index < -0.39 is 6.10 Å². The monoisotopic (exact) mass is 418 g/mol. The fourth-order valence-corrected chi connectivity index (χ4v) is 2.96. The van der Waals surface area contributed by atoms with Crippen LogP contribution in [-0.4, -0.2) is 31.9 Å². The lowest BCUT2D eigenvalue weighted by Crippen LogP contribution is -2.33. The fraction of sp³-hybridized carbons (Fsp3) is 0.200. The first-order valence-corrected chi connectivity index (χ1v) is 10.1. The van der Waals surface area contributed by atoms with E-state index in [-0.39, 0.29) is 5.91 Å². The summed E-state index contributed by atoms with van der Waals surface area (Å²) in [4.78, 5) is 12.4. The van der Waals surface area contributed by atoms with Gasteiger partial charge in [0.15, 0.2) is 17.6 Å². The summed E-state index contributed by atoms with van der Waals surface area (Å²) in [6.07, 6.45) is 0.809. The maximum Gasteiger partial charge on any atom is 0.280 e. The van der Waals surface area contributed by atoms with Crippen LogP contribution in [0.2, 0.25) is 0 Å². The number of methoxy groups -OCH3 is 1. The molecule has 0 fully saturated rings. The van der Waals surface area contributed by atoms with Gasteiger partial charge in [-0.1, -0.05) is 48.5 Å². The van der Waals surface area contributed by atoms with Gasteiger partial charge in [-0.2, -0.15) is 5.10 Å². The van der Waals surface area contributed by atoms with Crippen LogP contribution in [0.5, 0.6) is 17.2 Å². The fourth-order valence-electron chi connectivity index (χ4n) is 2.96. The van der Waals surface area contributed by atoms with Gasteiger partial charge in [0, 0.05) is 5.56 Å². The van der Waals surface area contributed by atoms with Crippen LogP contribution in [0.1, 0.15) is 19.4 Å². The van der Waals surface area contributed by atoms with Crippen LogP contribution in [-0.2, 0) is 4.79 Å². The molecule has 0 aliphatic carbocycles. The normalized spacial score (nSPS) is 11.7. The Labute approximate surface area is 182 Å². The van der Waals surface area contributed by atoms with Crippen LogP contribution >= 0.6 is 0 Å². The standard InChI is InChI=1S/C25H26N2O4/c1-4-30-24-21(11-8-12-23(24)29-3)17-26-27-25(28)18(2)31-22-15-13-20(14-16-22)19-9-6-5-7-10-19/h5-18H,4H2,1-3H3,(H,27,28)/b26-17+. The van der Waals surface area contributed by atoms with Crippen LogP contribution < -0.4 is 19.6 Å². The van der Waals surface area contributed by atoms with Gasteiger partial charge in [-0.25, -0.2) is 5.43 Å².